The highest BCUT2D eigenvalue weighted by atomic mass is 16.2. The summed E-state index contributed by atoms with van der Waals surface area (Å²) < 4.78 is 0. The van der Waals surface area contributed by atoms with E-state index in [0.717, 1.165) is 5.56 Å². The lowest BCUT2D eigenvalue weighted by atomic mass is 10.1. The molecule has 2 rings (SSSR count). The zero-order valence-electron chi connectivity index (χ0n) is 12.1. The van der Waals surface area contributed by atoms with Crippen molar-refractivity contribution >= 4 is 11.8 Å². The topological polar surface area (TPSA) is 78.1 Å². The van der Waals surface area contributed by atoms with E-state index in [1.807, 2.05) is 19.1 Å². The number of likely N-dealkylation sites (N-methyl/N-ethyl adjacent to an activating group) is 1. The Hall–Kier alpha value is -2.63. The van der Waals surface area contributed by atoms with Crippen molar-refractivity contribution in [3.8, 4) is 0 Å². The maximum Gasteiger partial charge on any atom is 0.251 e. The Bertz CT molecular complexity index is 605. The molecule has 6 heteroatoms. The molecule has 1 heterocycles. The minimum atomic E-state index is -0.255. The van der Waals surface area contributed by atoms with Crippen LogP contribution in [0.3, 0.4) is 0 Å². The van der Waals surface area contributed by atoms with Crippen LogP contribution in [0.25, 0.3) is 0 Å². The molecule has 1 aromatic heterocycles. The van der Waals surface area contributed by atoms with Crippen LogP contribution in [0.15, 0.2) is 36.7 Å². The largest absolute Gasteiger partial charge is 0.347 e. The molecule has 0 aliphatic rings. The van der Waals surface area contributed by atoms with Crippen LogP contribution in [0.4, 0.5) is 0 Å². The SMILES string of the molecule is Cc1ccc(C(=O)NCC(=O)N(C)Cc2ncc[nH]2)cc1. The quantitative estimate of drug-likeness (QED) is 0.864. The summed E-state index contributed by atoms with van der Waals surface area (Å²) in [6, 6.07) is 7.20. The zero-order valence-corrected chi connectivity index (χ0v) is 12.1. The molecule has 0 unspecified atom stereocenters. The number of aromatic nitrogens is 2. The summed E-state index contributed by atoms with van der Waals surface area (Å²) in [4.78, 5) is 32.3. The van der Waals surface area contributed by atoms with E-state index in [1.54, 1.807) is 31.6 Å². The summed E-state index contributed by atoms with van der Waals surface area (Å²) in [6.07, 6.45) is 3.33. The van der Waals surface area contributed by atoms with Gasteiger partial charge in [-0.2, -0.15) is 0 Å². The van der Waals surface area contributed by atoms with E-state index >= 15 is 0 Å². The summed E-state index contributed by atoms with van der Waals surface area (Å²) in [6.45, 7) is 2.30. The Morgan fingerprint density at radius 2 is 2.00 bits per heavy atom. The van der Waals surface area contributed by atoms with Crippen LogP contribution in [0.2, 0.25) is 0 Å². The average molecular weight is 286 g/mol. The first kappa shape index (κ1) is 14.8. The van der Waals surface area contributed by atoms with Crippen LogP contribution < -0.4 is 5.32 Å². The van der Waals surface area contributed by atoms with Crippen molar-refractivity contribution < 1.29 is 9.59 Å². The lowest BCUT2D eigenvalue weighted by Crippen LogP contribution is -2.38. The molecule has 0 spiro atoms. The van der Waals surface area contributed by atoms with Gasteiger partial charge in [-0.05, 0) is 19.1 Å². The second-order valence-corrected chi connectivity index (χ2v) is 4.83. The van der Waals surface area contributed by atoms with Gasteiger partial charge in [-0.25, -0.2) is 4.98 Å². The minimum Gasteiger partial charge on any atom is -0.347 e. The standard InChI is InChI=1S/C15H18N4O2/c1-11-3-5-12(6-4-11)15(21)18-9-14(20)19(2)10-13-16-7-8-17-13/h3-8H,9-10H2,1-2H3,(H,16,17)(H,18,21). The summed E-state index contributed by atoms with van der Waals surface area (Å²) in [5.41, 5.74) is 1.63. The molecule has 2 N–H and O–H groups in total. The third kappa shape index (κ3) is 4.17. The second kappa shape index (κ2) is 6.69. The summed E-state index contributed by atoms with van der Waals surface area (Å²) >= 11 is 0. The Morgan fingerprint density at radius 1 is 1.29 bits per heavy atom. The number of hydrogen-bond acceptors (Lipinski definition) is 3. The number of hydrogen-bond donors (Lipinski definition) is 2. The molecule has 0 bridgehead atoms. The molecule has 0 atom stereocenters. The molecule has 21 heavy (non-hydrogen) atoms. The van der Waals surface area contributed by atoms with Crippen LogP contribution in [-0.2, 0) is 11.3 Å². The average Bonchev–Trinajstić information content (AvgIpc) is 2.98. The molecular formula is C15H18N4O2. The Morgan fingerprint density at radius 3 is 2.62 bits per heavy atom. The molecule has 0 saturated heterocycles. The molecule has 1 aromatic carbocycles. The van der Waals surface area contributed by atoms with Crippen molar-refractivity contribution in [2.24, 2.45) is 0 Å². The van der Waals surface area contributed by atoms with Crippen molar-refractivity contribution in [2.45, 2.75) is 13.5 Å². The van der Waals surface area contributed by atoms with Crippen molar-refractivity contribution in [1.82, 2.24) is 20.2 Å². The summed E-state index contributed by atoms with van der Waals surface area (Å²) in [5.74, 6) is 0.275. The number of nitrogens with one attached hydrogen (secondary N) is 2. The number of nitrogens with zero attached hydrogens (tertiary/aromatic N) is 2. The van der Waals surface area contributed by atoms with E-state index in [2.05, 4.69) is 15.3 Å². The van der Waals surface area contributed by atoms with Gasteiger partial charge in [0, 0.05) is 25.0 Å². The normalized spacial score (nSPS) is 10.2. The fourth-order valence-electron chi connectivity index (χ4n) is 1.80. The number of carbonyl (C=O) groups excluding carboxylic acids is 2. The first-order chi connectivity index (χ1) is 10.1. The van der Waals surface area contributed by atoms with Gasteiger partial charge in [0.15, 0.2) is 0 Å². The molecule has 2 amide bonds. The van der Waals surface area contributed by atoms with E-state index in [0.29, 0.717) is 17.9 Å². The number of aryl methyl sites for hydroxylation is 1. The van der Waals surface area contributed by atoms with Crippen molar-refractivity contribution in [1.29, 1.82) is 0 Å². The minimum absolute atomic E-state index is 0.0378. The molecular weight excluding hydrogens is 268 g/mol. The maximum atomic E-state index is 11.9. The van der Waals surface area contributed by atoms with Gasteiger partial charge in [-0.1, -0.05) is 17.7 Å². The molecule has 110 valence electrons. The van der Waals surface area contributed by atoms with E-state index in [-0.39, 0.29) is 18.4 Å². The second-order valence-electron chi connectivity index (χ2n) is 4.83. The molecule has 0 saturated carbocycles. The highest BCUT2D eigenvalue weighted by Crippen LogP contribution is 2.02. The van der Waals surface area contributed by atoms with Gasteiger partial charge in [-0.3, -0.25) is 9.59 Å². The first-order valence-corrected chi connectivity index (χ1v) is 6.63. The zero-order chi connectivity index (χ0) is 15.2. The van der Waals surface area contributed by atoms with Crippen molar-refractivity contribution in [3.63, 3.8) is 0 Å². The Kier molecular flexibility index (Phi) is 4.71. The predicted molar refractivity (Wildman–Crippen MR) is 78.6 cm³/mol. The number of amides is 2. The van der Waals surface area contributed by atoms with Gasteiger partial charge in [0.1, 0.15) is 5.82 Å². The van der Waals surface area contributed by atoms with E-state index < -0.39 is 0 Å². The molecule has 0 fully saturated rings. The van der Waals surface area contributed by atoms with Crippen molar-refractivity contribution in [2.75, 3.05) is 13.6 Å². The highest BCUT2D eigenvalue weighted by molar-refractivity contribution is 5.96. The van der Waals surface area contributed by atoms with E-state index in [9.17, 15) is 9.59 Å². The van der Waals surface area contributed by atoms with Crippen LogP contribution >= 0.6 is 0 Å². The molecule has 0 radical (unpaired) electrons. The molecule has 2 aromatic rings. The third-order valence-electron chi connectivity index (χ3n) is 3.08. The van der Waals surface area contributed by atoms with Gasteiger partial charge in [0.25, 0.3) is 5.91 Å². The Balaban J connectivity index is 1.83. The fraction of sp³-hybridized carbons (Fsp3) is 0.267. The first-order valence-electron chi connectivity index (χ1n) is 6.63. The van der Waals surface area contributed by atoms with E-state index in [1.165, 1.54) is 4.90 Å². The number of carbonyl (C=O) groups is 2. The highest BCUT2D eigenvalue weighted by Gasteiger charge is 2.12. The monoisotopic (exact) mass is 286 g/mol. The molecule has 0 aliphatic carbocycles. The smallest absolute Gasteiger partial charge is 0.251 e. The number of aromatic amines is 1. The molecule has 0 aliphatic heterocycles. The summed E-state index contributed by atoms with van der Waals surface area (Å²) in [7, 11) is 1.67. The van der Waals surface area contributed by atoms with Crippen LogP contribution in [0.5, 0.6) is 0 Å². The Labute approximate surface area is 123 Å². The lowest BCUT2D eigenvalue weighted by Gasteiger charge is -2.16. The lowest BCUT2D eigenvalue weighted by molar-refractivity contribution is -0.129. The van der Waals surface area contributed by atoms with Gasteiger partial charge in [0.05, 0.1) is 13.1 Å². The van der Waals surface area contributed by atoms with Gasteiger partial charge in [0.2, 0.25) is 5.91 Å². The number of imidazole rings is 1. The maximum absolute atomic E-state index is 11.9. The third-order valence-corrected chi connectivity index (χ3v) is 3.08. The van der Waals surface area contributed by atoms with Gasteiger partial charge < -0.3 is 15.2 Å². The van der Waals surface area contributed by atoms with Crippen LogP contribution in [0.1, 0.15) is 21.7 Å². The summed E-state index contributed by atoms with van der Waals surface area (Å²) in [5, 5.41) is 2.62. The van der Waals surface area contributed by atoms with E-state index in [4.69, 9.17) is 0 Å². The predicted octanol–water partition coefficient (Wildman–Crippen LogP) is 1.11. The number of H-pyrrole nitrogens is 1. The van der Waals surface area contributed by atoms with Gasteiger partial charge in [-0.15, -0.1) is 0 Å². The van der Waals surface area contributed by atoms with Crippen LogP contribution in [0, 0.1) is 6.92 Å². The van der Waals surface area contributed by atoms with Crippen molar-refractivity contribution in [3.05, 3.63) is 53.6 Å². The number of benzene rings is 1. The molecule has 6 nitrogen and oxygen atoms in total. The number of rotatable bonds is 5. The van der Waals surface area contributed by atoms with Gasteiger partial charge >= 0.3 is 0 Å². The fourth-order valence-corrected chi connectivity index (χ4v) is 1.80. The van der Waals surface area contributed by atoms with Crippen LogP contribution in [-0.4, -0.2) is 40.3 Å².